The van der Waals surface area contributed by atoms with Crippen LogP contribution in [0.4, 0.5) is 0 Å². The lowest BCUT2D eigenvalue weighted by Gasteiger charge is -2.11. The van der Waals surface area contributed by atoms with E-state index in [1.807, 2.05) is 20.8 Å². The Hall–Kier alpha value is -1.09. The van der Waals surface area contributed by atoms with Gasteiger partial charge < -0.3 is 4.42 Å². The summed E-state index contributed by atoms with van der Waals surface area (Å²) < 4.78 is 5.56. The Kier molecular flexibility index (Phi) is 2.00. The number of hydrogen-bond acceptors (Lipinski definition) is 3. The molecule has 0 atom stereocenters. The molecule has 0 unspecified atom stereocenters. The van der Waals surface area contributed by atoms with E-state index in [4.69, 9.17) is 16.0 Å². The predicted octanol–water partition coefficient (Wildman–Crippen LogP) is 3.17. The van der Waals surface area contributed by atoms with Crippen molar-refractivity contribution in [2.75, 3.05) is 0 Å². The molecule has 2 aromatic heterocycles. The molecule has 3 nitrogen and oxygen atoms in total. The molecule has 0 saturated carbocycles. The van der Waals surface area contributed by atoms with Crippen molar-refractivity contribution in [1.29, 1.82) is 0 Å². The molecule has 0 radical (unpaired) electrons. The van der Waals surface area contributed by atoms with E-state index < -0.39 is 0 Å². The zero-order valence-electron chi connectivity index (χ0n) is 8.34. The summed E-state index contributed by atoms with van der Waals surface area (Å²) in [5.74, 6) is 0.660. The Balaban J connectivity index is 2.69. The smallest absolute Gasteiger partial charge is 0.202 e. The molecule has 4 heteroatoms. The first-order chi connectivity index (χ1) is 6.48. The molecule has 0 spiro atoms. The van der Waals surface area contributed by atoms with Crippen LogP contribution < -0.4 is 0 Å². The van der Waals surface area contributed by atoms with Crippen LogP contribution in [0.25, 0.3) is 11.2 Å². The van der Waals surface area contributed by atoms with Crippen LogP contribution in [-0.4, -0.2) is 9.97 Å². The van der Waals surface area contributed by atoms with Crippen LogP contribution in [0.2, 0.25) is 5.02 Å². The van der Waals surface area contributed by atoms with E-state index >= 15 is 0 Å². The molecule has 2 aromatic rings. The number of halogens is 1. The first-order valence-electron chi connectivity index (χ1n) is 4.40. The van der Waals surface area contributed by atoms with Gasteiger partial charge in [-0.25, -0.2) is 4.98 Å². The fourth-order valence-electron chi connectivity index (χ4n) is 1.12. The topological polar surface area (TPSA) is 38.9 Å². The molecule has 0 aliphatic carbocycles. The number of rotatable bonds is 0. The van der Waals surface area contributed by atoms with Crippen LogP contribution in [0.1, 0.15) is 26.7 Å². The summed E-state index contributed by atoms with van der Waals surface area (Å²) in [6.45, 7) is 6.10. The second kappa shape index (κ2) is 2.95. The monoisotopic (exact) mass is 210 g/mol. The molecule has 74 valence electrons. The second-order valence-electron chi connectivity index (χ2n) is 4.21. The van der Waals surface area contributed by atoms with Crippen molar-refractivity contribution in [1.82, 2.24) is 9.97 Å². The SMILES string of the molecule is CC(C)(C)c1nc2nccc(Cl)c2o1. The van der Waals surface area contributed by atoms with Gasteiger partial charge in [0.05, 0.1) is 5.02 Å². The molecule has 0 saturated heterocycles. The Morgan fingerprint density at radius 2 is 2.07 bits per heavy atom. The van der Waals surface area contributed by atoms with Crippen LogP contribution >= 0.6 is 11.6 Å². The zero-order chi connectivity index (χ0) is 10.3. The fraction of sp³-hybridized carbons (Fsp3) is 0.400. The standard InChI is InChI=1S/C10H11ClN2O/c1-10(2,3)9-13-8-7(14-9)6(11)4-5-12-8/h4-5H,1-3H3. The van der Waals surface area contributed by atoms with Gasteiger partial charge in [-0.1, -0.05) is 32.4 Å². The predicted molar refractivity (Wildman–Crippen MR) is 55.5 cm³/mol. The molecule has 14 heavy (non-hydrogen) atoms. The highest BCUT2D eigenvalue weighted by Gasteiger charge is 2.22. The lowest BCUT2D eigenvalue weighted by atomic mass is 9.97. The summed E-state index contributed by atoms with van der Waals surface area (Å²) in [6.07, 6.45) is 1.62. The zero-order valence-corrected chi connectivity index (χ0v) is 9.09. The summed E-state index contributed by atoms with van der Waals surface area (Å²) in [4.78, 5) is 8.37. The molecule has 2 rings (SSSR count). The number of nitrogens with zero attached hydrogens (tertiary/aromatic N) is 2. The normalized spacial score (nSPS) is 12.3. The van der Waals surface area contributed by atoms with Crippen molar-refractivity contribution in [2.24, 2.45) is 0 Å². The van der Waals surface area contributed by atoms with Gasteiger partial charge >= 0.3 is 0 Å². The van der Waals surface area contributed by atoms with Gasteiger partial charge in [-0.3, -0.25) is 0 Å². The van der Waals surface area contributed by atoms with Crippen molar-refractivity contribution in [3.63, 3.8) is 0 Å². The third-order valence-corrected chi connectivity index (χ3v) is 2.18. The largest absolute Gasteiger partial charge is 0.437 e. The lowest BCUT2D eigenvalue weighted by Crippen LogP contribution is -2.11. The van der Waals surface area contributed by atoms with E-state index in [0.717, 1.165) is 0 Å². The minimum absolute atomic E-state index is 0.121. The maximum absolute atomic E-state index is 5.95. The van der Waals surface area contributed by atoms with Crippen molar-refractivity contribution < 1.29 is 4.42 Å². The summed E-state index contributed by atoms with van der Waals surface area (Å²) in [5.41, 5.74) is 1.02. The van der Waals surface area contributed by atoms with E-state index in [9.17, 15) is 0 Å². The van der Waals surface area contributed by atoms with Crippen molar-refractivity contribution in [2.45, 2.75) is 26.2 Å². The van der Waals surface area contributed by atoms with Gasteiger partial charge in [0.1, 0.15) is 0 Å². The molecule has 0 aliphatic heterocycles. The number of aromatic nitrogens is 2. The van der Waals surface area contributed by atoms with Gasteiger partial charge in [0.15, 0.2) is 11.2 Å². The maximum Gasteiger partial charge on any atom is 0.202 e. The number of oxazole rings is 1. The van der Waals surface area contributed by atoms with Gasteiger partial charge in [0.25, 0.3) is 0 Å². The first-order valence-corrected chi connectivity index (χ1v) is 4.78. The molecule has 0 fully saturated rings. The fourth-order valence-corrected chi connectivity index (χ4v) is 1.30. The van der Waals surface area contributed by atoms with Crippen molar-refractivity contribution in [3.8, 4) is 0 Å². The Morgan fingerprint density at radius 1 is 1.36 bits per heavy atom. The van der Waals surface area contributed by atoms with Gasteiger partial charge in [0.2, 0.25) is 5.89 Å². The quantitative estimate of drug-likeness (QED) is 0.671. The maximum atomic E-state index is 5.95. The molecule has 0 aliphatic rings. The minimum Gasteiger partial charge on any atom is -0.437 e. The van der Waals surface area contributed by atoms with E-state index in [-0.39, 0.29) is 5.41 Å². The summed E-state index contributed by atoms with van der Waals surface area (Å²) in [5, 5.41) is 0.554. The summed E-state index contributed by atoms with van der Waals surface area (Å²) in [6, 6.07) is 1.70. The number of pyridine rings is 1. The van der Waals surface area contributed by atoms with E-state index in [2.05, 4.69) is 9.97 Å². The Morgan fingerprint density at radius 3 is 2.64 bits per heavy atom. The highest BCUT2D eigenvalue weighted by Crippen LogP contribution is 2.28. The lowest BCUT2D eigenvalue weighted by molar-refractivity contribution is 0.411. The number of fused-ring (bicyclic) bond motifs is 1. The van der Waals surface area contributed by atoms with Gasteiger partial charge in [-0.05, 0) is 6.07 Å². The summed E-state index contributed by atoms with van der Waals surface area (Å²) in [7, 11) is 0. The van der Waals surface area contributed by atoms with Gasteiger partial charge in [-0.2, -0.15) is 4.98 Å². The van der Waals surface area contributed by atoms with Crippen LogP contribution in [0, 0.1) is 0 Å². The average molecular weight is 211 g/mol. The molecular formula is C10H11ClN2O. The van der Waals surface area contributed by atoms with Crippen LogP contribution in [0.3, 0.4) is 0 Å². The van der Waals surface area contributed by atoms with Crippen LogP contribution in [0.5, 0.6) is 0 Å². The van der Waals surface area contributed by atoms with E-state index in [0.29, 0.717) is 22.1 Å². The molecule has 0 N–H and O–H groups in total. The Bertz CT molecular complexity index is 470. The van der Waals surface area contributed by atoms with Gasteiger partial charge in [-0.15, -0.1) is 0 Å². The second-order valence-corrected chi connectivity index (χ2v) is 4.62. The highest BCUT2D eigenvalue weighted by molar-refractivity contribution is 6.34. The summed E-state index contributed by atoms with van der Waals surface area (Å²) >= 11 is 5.95. The minimum atomic E-state index is -0.121. The number of hydrogen-bond donors (Lipinski definition) is 0. The third-order valence-electron chi connectivity index (χ3n) is 1.89. The van der Waals surface area contributed by atoms with E-state index in [1.54, 1.807) is 12.3 Å². The first kappa shape index (κ1) is 9.46. The molecular weight excluding hydrogens is 200 g/mol. The average Bonchev–Trinajstić information content (AvgIpc) is 2.48. The van der Waals surface area contributed by atoms with Crippen LogP contribution in [0.15, 0.2) is 16.7 Å². The van der Waals surface area contributed by atoms with Crippen LogP contribution in [-0.2, 0) is 5.41 Å². The van der Waals surface area contributed by atoms with Crippen molar-refractivity contribution >= 4 is 22.8 Å². The molecule has 0 bridgehead atoms. The molecule has 0 aromatic carbocycles. The molecule has 0 amide bonds. The Labute approximate surface area is 87.1 Å². The van der Waals surface area contributed by atoms with Crippen molar-refractivity contribution in [3.05, 3.63) is 23.2 Å². The third kappa shape index (κ3) is 1.48. The highest BCUT2D eigenvalue weighted by atomic mass is 35.5. The van der Waals surface area contributed by atoms with Gasteiger partial charge in [0, 0.05) is 11.6 Å². The van der Waals surface area contributed by atoms with E-state index in [1.165, 1.54) is 0 Å². The molecule has 2 heterocycles.